The third-order valence-electron chi connectivity index (χ3n) is 11.9. The van der Waals surface area contributed by atoms with Crippen LogP contribution in [0.25, 0.3) is 0 Å². The molecule has 0 heterocycles. The van der Waals surface area contributed by atoms with E-state index in [0.29, 0.717) is 33.9 Å². The van der Waals surface area contributed by atoms with Crippen molar-refractivity contribution in [2.45, 2.75) is 190 Å². The highest BCUT2D eigenvalue weighted by molar-refractivity contribution is 5.69. The molecule has 0 aliphatic rings. The van der Waals surface area contributed by atoms with Crippen molar-refractivity contribution in [1.29, 1.82) is 0 Å². The molecule has 0 aliphatic heterocycles. The minimum absolute atomic E-state index is 0.0362. The monoisotopic (exact) mass is 1270 g/mol. The Morgan fingerprint density at radius 1 is 0.239 bits per heavy atom. The number of ether oxygens (including phenoxy) is 15. The largest absolute Gasteiger partial charge is 0.514 e. The predicted molar refractivity (Wildman–Crippen MR) is 338 cm³/mol. The molecule has 92 heavy (non-hydrogen) atoms. The van der Waals surface area contributed by atoms with Gasteiger partial charge in [-0.3, -0.25) is 0 Å². The Labute approximate surface area is 537 Å². The number of hydrogen-bond acceptors (Lipinski definition) is 21. The molecule has 6 aromatic rings. The molecule has 0 saturated heterocycles. The fraction of sp³-hybridized carbons (Fsp3) is 0.408. The summed E-state index contributed by atoms with van der Waals surface area (Å²) in [6.45, 7) is 32.5. The highest BCUT2D eigenvalue weighted by Crippen LogP contribution is 2.41. The molecule has 21 nitrogen and oxygen atoms in total. The van der Waals surface area contributed by atoms with E-state index in [9.17, 15) is 28.8 Å². The Kier molecular flexibility index (Phi) is 22.6. The molecule has 0 spiro atoms. The van der Waals surface area contributed by atoms with Gasteiger partial charge in [0.15, 0.2) is 0 Å². The van der Waals surface area contributed by atoms with Gasteiger partial charge in [-0.2, -0.15) is 0 Å². The van der Waals surface area contributed by atoms with Gasteiger partial charge in [-0.15, -0.1) is 0 Å². The summed E-state index contributed by atoms with van der Waals surface area (Å²) in [7, 11) is 0. The van der Waals surface area contributed by atoms with E-state index in [-0.39, 0.29) is 54.3 Å². The SMILES string of the molecule is CC(C)(C)OC(=O)Oc1cc(COc2ccc(C(C)(c3ccc(OCc4cc(OC(=O)OC(C)(C)C)cc(OC(=O)OC(C)(C)C)c4)cc3)c3ccc(OCc4cc(OC(=O)OC(C)(C)C)cc(OC(=O)OC(C)(C)C)c4)cc3)cc2)cc(OC(=O)OC(C)(C)C)c1. The molecule has 6 aromatic carbocycles. The lowest BCUT2D eigenvalue weighted by Gasteiger charge is -2.32. The van der Waals surface area contributed by atoms with Gasteiger partial charge < -0.3 is 71.1 Å². The average Bonchev–Trinajstić information content (AvgIpc) is 0.775. The average molecular weight is 1270 g/mol. The van der Waals surface area contributed by atoms with Crippen molar-refractivity contribution in [2.75, 3.05) is 0 Å². The summed E-state index contributed by atoms with van der Waals surface area (Å²) >= 11 is 0. The maximum absolute atomic E-state index is 12.7. The zero-order valence-corrected chi connectivity index (χ0v) is 55.8. The number of carbonyl (C=O) groups excluding carboxylic acids is 6. The van der Waals surface area contributed by atoms with Crippen LogP contribution in [0.15, 0.2) is 127 Å². The zero-order valence-electron chi connectivity index (χ0n) is 55.8. The van der Waals surface area contributed by atoms with Crippen molar-refractivity contribution in [3.63, 3.8) is 0 Å². The fourth-order valence-corrected chi connectivity index (χ4v) is 8.35. The molecule has 6 rings (SSSR count). The lowest BCUT2D eigenvalue weighted by molar-refractivity contribution is 0.0177. The van der Waals surface area contributed by atoms with Crippen molar-refractivity contribution >= 4 is 36.9 Å². The van der Waals surface area contributed by atoms with Gasteiger partial charge in [0.25, 0.3) is 0 Å². The second kappa shape index (κ2) is 29.1. The molecule has 0 bridgehead atoms. The standard InChI is InChI=1S/C71H84O21/c1-65(2,3)87-59(72)81-53-32-44(33-54(38-53)82-60(73)88-66(4,5)6)41-78-50-26-20-47(21-27-50)71(19,48-22-28-51(29-23-48)79-42-45-34-55(83-61(74)89-67(7,8)9)39-56(35-45)84-62(75)90-68(10,11)12)49-24-30-52(31-25-49)80-43-46-36-57(85-63(76)91-69(13,14)15)40-58(37-46)86-64(77)92-70(16,17)18/h20-40H,41-43H2,1-19H3. The maximum Gasteiger partial charge on any atom is 0.514 e. The molecule has 0 aliphatic carbocycles. The maximum atomic E-state index is 12.7. The Bertz CT molecular complexity index is 3030. The molecule has 494 valence electrons. The van der Waals surface area contributed by atoms with E-state index in [4.69, 9.17) is 71.1 Å². The molecule has 0 unspecified atom stereocenters. The van der Waals surface area contributed by atoms with Crippen LogP contribution in [-0.2, 0) is 53.7 Å². The van der Waals surface area contributed by atoms with Crippen LogP contribution in [0, 0.1) is 0 Å². The van der Waals surface area contributed by atoms with E-state index < -0.39 is 76.0 Å². The van der Waals surface area contributed by atoms with Crippen LogP contribution in [-0.4, -0.2) is 70.5 Å². The van der Waals surface area contributed by atoms with Crippen LogP contribution >= 0.6 is 0 Å². The molecule has 0 fully saturated rings. The molecule has 0 N–H and O–H groups in total. The molecule has 21 heteroatoms. The van der Waals surface area contributed by atoms with E-state index >= 15 is 0 Å². The lowest BCUT2D eigenvalue weighted by Crippen LogP contribution is -2.26. The minimum Gasteiger partial charge on any atom is -0.489 e. The van der Waals surface area contributed by atoms with Gasteiger partial charge in [0, 0.05) is 23.6 Å². The van der Waals surface area contributed by atoms with Crippen LogP contribution in [0.1, 0.15) is 165 Å². The highest BCUT2D eigenvalue weighted by Gasteiger charge is 2.32. The summed E-state index contributed by atoms with van der Waals surface area (Å²) in [6.07, 6.45) is -5.77. The molecule has 0 aromatic heterocycles. The molecular formula is C71H84O21. The van der Waals surface area contributed by atoms with Crippen molar-refractivity contribution < 1.29 is 99.8 Å². The number of benzene rings is 6. The summed E-state index contributed by atoms with van der Waals surface area (Å²) in [4.78, 5) is 76.4. The summed E-state index contributed by atoms with van der Waals surface area (Å²) < 4.78 is 84.0. The Hall–Kier alpha value is -9.66. The third kappa shape index (κ3) is 24.6. The smallest absolute Gasteiger partial charge is 0.489 e. The Morgan fingerprint density at radius 3 is 0.554 bits per heavy atom. The van der Waals surface area contributed by atoms with Gasteiger partial charge in [-0.1, -0.05) is 36.4 Å². The van der Waals surface area contributed by atoms with Crippen molar-refractivity contribution in [3.8, 4) is 51.7 Å². The molecule has 0 radical (unpaired) electrons. The van der Waals surface area contributed by atoms with Crippen LogP contribution in [0.5, 0.6) is 51.7 Å². The Balaban J connectivity index is 1.31. The van der Waals surface area contributed by atoms with Crippen molar-refractivity contribution in [2.24, 2.45) is 0 Å². The first kappa shape index (κ1) is 71.4. The predicted octanol–water partition coefficient (Wildman–Crippen LogP) is 17.7. The topological polar surface area (TPSA) is 241 Å². The summed E-state index contributed by atoms with van der Waals surface area (Å²) in [5, 5.41) is 0. The van der Waals surface area contributed by atoms with Crippen LogP contribution in [0.3, 0.4) is 0 Å². The summed E-state index contributed by atoms with van der Waals surface area (Å²) in [6, 6.07) is 35.9. The molecule has 0 amide bonds. The van der Waals surface area contributed by atoms with Crippen LogP contribution < -0.4 is 42.6 Å². The van der Waals surface area contributed by atoms with E-state index in [1.54, 1.807) is 161 Å². The molecular weight excluding hydrogens is 1190 g/mol. The van der Waals surface area contributed by atoms with Gasteiger partial charge in [-0.25, -0.2) is 28.8 Å². The van der Waals surface area contributed by atoms with E-state index in [1.165, 1.54) is 18.2 Å². The van der Waals surface area contributed by atoms with E-state index in [0.717, 1.165) is 16.7 Å². The molecule has 0 saturated carbocycles. The first-order valence-corrected chi connectivity index (χ1v) is 29.6. The summed E-state index contributed by atoms with van der Waals surface area (Å²) in [5.74, 6) is 1.63. The third-order valence-corrected chi connectivity index (χ3v) is 11.9. The zero-order chi connectivity index (χ0) is 68.2. The normalized spacial score (nSPS) is 12.0. The first-order chi connectivity index (χ1) is 42.5. The van der Waals surface area contributed by atoms with E-state index in [2.05, 4.69) is 6.92 Å². The van der Waals surface area contributed by atoms with Crippen molar-refractivity contribution in [3.05, 3.63) is 161 Å². The lowest BCUT2D eigenvalue weighted by atomic mass is 9.71. The molecule has 0 atom stereocenters. The second-order valence-corrected chi connectivity index (χ2v) is 27.4. The number of carbonyl (C=O) groups is 6. The quantitative estimate of drug-likeness (QED) is 0.0336. The minimum atomic E-state index is -0.962. The van der Waals surface area contributed by atoms with Gasteiger partial charge in [-0.05, 0) is 238 Å². The van der Waals surface area contributed by atoms with Gasteiger partial charge >= 0.3 is 36.9 Å². The van der Waals surface area contributed by atoms with Gasteiger partial charge in [0.2, 0.25) is 0 Å². The first-order valence-electron chi connectivity index (χ1n) is 29.6. The van der Waals surface area contributed by atoms with Gasteiger partial charge in [0.1, 0.15) is 105 Å². The van der Waals surface area contributed by atoms with E-state index in [1.807, 2.05) is 72.8 Å². The Morgan fingerprint density at radius 2 is 0.402 bits per heavy atom. The summed E-state index contributed by atoms with van der Waals surface area (Å²) in [5.41, 5.74) is -1.96. The number of hydrogen-bond donors (Lipinski definition) is 0. The van der Waals surface area contributed by atoms with Gasteiger partial charge in [0.05, 0.1) is 0 Å². The van der Waals surface area contributed by atoms with Crippen LogP contribution in [0.2, 0.25) is 0 Å². The van der Waals surface area contributed by atoms with Crippen LogP contribution in [0.4, 0.5) is 28.8 Å². The second-order valence-electron chi connectivity index (χ2n) is 27.4. The fourth-order valence-electron chi connectivity index (χ4n) is 8.35. The number of rotatable bonds is 18. The highest BCUT2D eigenvalue weighted by atomic mass is 16.8. The van der Waals surface area contributed by atoms with Crippen molar-refractivity contribution in [1.82, 2.24) is 0 Å².